The molecule has 0 bridgehead atoms. The van der Waals surface area contributed by atoms with Gasteiger partial charge >= 0.3 is 0 Å². The lowest BCUT2D eigenvalue weighted by atomic mass is 10.0. The second-order valence-corrected chi connectivity index (χ2v) is 4.27. The number of rotatable bonds is 3. The van der Waals surface area contributed by atoms with E-state index < -0.39 is 0 Å². The van der Waals surface area contributed by atoms with Crippen molar-refractivity contribution < 1.29 is 0 Å². The molecule has 1 unspecified atom stereocenters. The SMILES string of the molecule is CC(C)C(N)CN1CCCCC1.Cl.Cl. The molecule has 1 heterocycles. The Hall–Kier alpha value is 0.500. The highest BCUT2D eigenvalue weighted by Gasteiger charge is 2.15. The zero-order chi connectivity index (χ0) is 8.97. The van der Waals surface area contributed by atoms with Crippen LogP contribution in [0.4, 0.5) is 0 Å². The van der Waals surface area contributed by atoms with Gasteiger partial charge in [-0.2, -0.15) is 0 Å². The lowest BCUT2D eigenvalue weighted by molar-refractivity contribution is 0.202. The maximum Gasteiger partial charge on any atom is 0.0191 e. The van der Waals surface area contributed by atoms with Gasteiger partial charge in [-0.1, -0.05) is 20.3 Å². The summed E-state index contributed by atoms with van der Waals surface area (Å²) >= 11 is 0. The molecule has 2 N–H and O–H groups in total. The Morgan fingerprint density at radius 2 is 1.57 bits per heavy atom. The summed E-state index contributed by atoms with van der Waals surface area (Å²) in [7, 11) is 0. The Kier molecular flexibility index (Phi) is 10.6. The van der Waals surface area contributed by atoms with Crippen molar-refractivity contribution in [3.8, 4) is 0 Å². The molecule has 1 aliphatic heterocycles. The van der Waals surface area contributed by atoms with E-state index in [0.717, 1.165) is 6.54 Å². The van der Waals surface area contributed by atoms with Crippen molar-refractivity contribution in [3.63, 3.8) is 0 Å². The second-order valence-electron chi connectivity index (χ2n) is 4.27. The summed E-state index contributed by atoms with van der Waals surface area (Å²) in [4.78, 5) is 2.51. The minimum Gasteiger partial charge on any atom is -0.326 e. The predicted molar refractivity (Wildman–Crippen MR) is 67.6 cm³/mol. The van der Waals surface area contributed by atoms with E-state index in [1.54, 1.807) is 0 Å². The number of nitrogens with zero attached hydrogens (tertiary/aromatic N) is 1. The van der Waals surface area contributed by atoms with Crippen molar-refractivity contribution in [3.05, 3.63) is 0 Å². The van der Waals surface area contributed by atoms with Gasteiger partial charge in [0.25, 0.3) is 0 Å². The van der Waals surface area contributed by atoms with Gasteiger partial charge in [0.15, 0.2) is 0 Å². The van der Waals surface area contributed by atoms with E-state index in [1.807, 2.05) is 0 Å². The van der Waals surface area contributed by atoms with E-state index >= 15 is 0 Å². The molecule has 0 amide bonds. The molecule has 1 saturated heterocycles. The number of likely N-dealkylation sites (tertiary alicyclic amines) is 1. The van der Waals surface area contributed by atoms with Gasteiger partial charge in [0.2, 0.25) is 0 Å². The Balaban J connectivity index is 0. The lowest BCUT2D eigenvalue weighted by Gasteiger charge is -2.30. The van der Waals surface area contributed by atoms with Crippen LogP contribution in [-0.2, 0) is 0 Å². The first kappa shape index (κ1) is 16.9. The molecule has 1 fully saturated rings. The van der Waals surface area contributed by atoms with Gasteiger partial charge in [-0.3, -0.25) is 0 Å². The molecule has 1 atom stereocenters. The van der Waals surface area contributed by atoms with E-state index in [9.17, 15) is 0 Å². The van der Waals surface area contributed by atoms with E-state index in [2.05, 4.69) is 18.7 Å². The summed E-state index contributed by atoms with van der Waals surface area (Å²) in [6.07, 6.45) is 4.14. The zero-order valence-electron chi connectivity index (χ0n) is 9.24. The third-order valence-electron chi connectivity index (χ3n) is 2.77. The quantitative estimate of drug-likeness (QED) is 0.824. The summed E-state index contributed by atoms with van der Waals surface area (Å²) in [5.41, 5.74) is 6.01. The Labute approximate surface area is 100 Å². The van der Waals surface area contributed by atoms with Gasteiger partial charge in [-0.25, -0.2) is 0 Å². The van der Waals surface area contributed by atoms with Crippen molar-refractivity contribution in [2.24, 2.45) is 11.7 Å². The first-order valence-corrected chi connectivity index (χ1v) is 5.18. The van der Waals surface area contributed by atoms with E-state index in [0.29, 0.717) is 12.0 Å². The second kappa shape index (κ2) is 8.78. The number of nitrogens with two attached hydrogens (primary N) is 1. The zero-order valence-corrected chi connectivity index (χ0v) is 10.9. The molecule has 2 nitrogen and oxygen atoms in total. The monoisotopic (exact) mass is 242 g/mol. The molecule has 0 aromatic heterocycles. The van der Waals surface area contributed by atoms with Crippen molar-refractivity contribution in [1.82, 2.24) is 4.90 Å². The number of hydrogen-bond donors (Lipinski definition) is 1. The minimum absolute atomic E-state index is 0. The molecule has 1 aliphatic rings. The standard InChI is InChI=1S/C10H22N2.2ClH/c1-9(2)10(11)8-12-6-4-3-5-7-12;;/h9-10H,3-8,11H2,1-2H3;2*1H. The summed E-state index contributed by atoms with van der Waals surface area (Å²) in [6.45, 7) is 8.03. The van der Waals surface area contributed by atoms with Crippen LogP contribution in [0.2, 0.25) is 0 Å². The minimum atomic E-state index is 0. The van der Waals surface area contributed by atoms with Crippen LogP contribution in [0.25, 0.3) is 0 Å². The van der Waals surface area contributed by atoms with Crippen molar-refractivity contribution in [2.45, 2.75) is 39.2 Å². The summed E-state index contributed by atoms with van der Waals surface area (Å²) in [5.74, 6) is 0.618. The van der Waals surface area contributed by atoms with Gasteiger partial charge in [-0.15, -0.1) is 24.8 Å². The highest BCUT2D eigenvalue weighted by Crippen LogP contribution is 2.10. The molecule has 88 valence electrons. The van der Waals surface area contributed by atoms with E-state index in [1.165, 1.54) is 32.4 Å². The van der Waals surface area contributed by atoms with E-state index in [-0.39, 0.29) is 24.8 Å². The smallest absolute Gasteiger partial charge is 0.0191 e. The number of piperidine rings is 1. The summed E-state index contributed by atoms with van der Waals surface area (Å²) in [5, 5.41) is 0. The van der Waals surface area contributed by atoms with Gasteiger partial charge in [0, 0.05) is 12.6 Å². The van der Waals surface area contributed by atoms with Gasteiger partial charge in [0.1, 0.15) is 0 Å². The molecule has 0 aromatic rings. The van der Waals surface area contributed by atoms with Crippen molar-refractivity contribution in [2.75, 3.05) is 19.6 Å². The molecule has 0 aliphatic carbocycles. The fraction of sp³-hybridized carbons (Fsp3) is 1.00. The summed E-state index contributed by atoms with van der Waals surface area (Å²) < 4.78 is 0. The first-order chi connectivity index (χ1) is 5.70. The van der Waals surface area contributed by atoms with Crippen LogP contribution in [0.15, 0.2) is 0 Å². The molecular weight excluding hydrogens is 219 g/mol. The molecule has 0 radical (unpaired) electrons. The maximum absolute atomic E-state index is 6.01. The van der Waals surface area contributed by atoms with Crippen LogP contribution in [0.5, 0.6) is 0 Å². The molecule has 1 rings (SSSR count). The molecule has 0 aromatic carbocycles. The molecule has 0 spiro atoms. The van der Waals surface area contributed by atoms with Crippen LogP contribution in [-0.4, -0.2) is 30.6 Å². The van der Waals surface area contributed by atoms with Crippen LogP contribution in [0.3, 0.4) is 0 Å². The highest BCUT2D eigenvalue weighted by molar-refractivity contribution is 5.85. The molecule has 14 heavy (non-hydrogen) atoms. The van der Waals surface area contributed by atoms with Gasteiger partial charge < -0.3 is 10.6 Å². The fourth-order valence-electron chi connectivity index (χ4n) is 1.65. The molecular formula is C10H24Cl2N2. The van der Waals surface area contributed by atoms with Crippen LogP contribution in [0.1, 0.15) is 33.1 Å². The fourth-order valence-corrected chi connectivity index (χ4v) is 1.65. The van der Waals surface area contributed by atoms with Gasteiger partial charge in [0.05, 0.1) is 0 Å². The topological polar surface area (TPSA) is 29.3 Å². The highest BCUT2D eigenvalue weighted by atomic mass is 35.5. The average Bonchev–Trinajstić information content (AvgIpc) is 2.06. The Morgan fingerprint density at radius 1 is 1.07 bits per heavy atom. The van der Waals surface area contributed by atoms with Crippen LogP contribution in [0, 0.1) is 5.92 Å². The Morgan fingerprint density at radius 3 is 2.00 bits per heavy atom. The van der Waals surface area contributed by atoms with Gasteiger partial charge in [-0.05, 0) is 31.8 Å². The Bertz CT molecular complexity index is 125. The van der Waals surface area contributed by atoms with Crippen LogP contribution < -0.4 is 5.73 Å². The molecule has 0 saturated carbocycles. The van der Waals surface area contributed by atoms with Crippen LogP contribution >= 0.6 is 24.8 Å². The number of hydrogen-bond acceptors (Lipinski definition) is 2. The summed E-state index contributed by atoms with van der Waals surface area (Å²) in [6, 6.07) is 0.364. The molecule has 4 heteroatoms. The lowest BCUT2D eigenvalue weighted by Crippen LogP contribution is -2.42. The average molecular weight is 243 g/mol. The maximum atomic E-state index is 6.01. The first-order valence-electron chi connectivity index (χ1n) is 5.18. The largest absolute Gasteiger partial charge is 0.326 e. The third kappa shape index (κ3) is 6.07. The van der Waals surface area contributed by atoms with Crippen molar-refractivity contribution in [1.29, 1.82) is 0 Å². The van der Waals surface area contributed by atoms with Crippen molar-refractivity contribution >= 4 is 24.8 Å². The predicted octanol–water partition coefficient (Wildman–Crippen LogP) is 2.30. The van der Waals surface area contributed by atoms with E-state index in [4.69, 9.17) is 5.73 Å². The number of halogens is 2. The normalized spacial score (nSPS) is 19.7. The third-order valence-corrected chi connectivity index (χ3v) is 2.77.